The van der Waals surface area contributed by atoms with E-state index in [1.54, 1.807) is 11.5 Å². The molecule has 2 aromatic heterocycles. The van der Waals surface area contributed by atoms with Gasteiger partial charge in [0.2, 0.25) is 2.86 Å². The minimum absolute atomic E-state index is 0.0525. The first-order chi connectivity index (χ1) is 13.0. The van der Waals surface area contributed by atoms with Crippen LogP contribution in [0.5, 0.6) is 0 Å². The van der Waals surface area contributed by atoms with Crippen molar-refractivity contribution >= 4 is 31.0 Å². The van der Waals surface area contributed by atoms with E-state index in [1.165, 1.54) is 6.33 Å². The Morgan fingerprint density at radius 3 is 3.22 bits per heavy atom. The molecule has 0 amide bonds. The van der Waals surface area contributed by atoms with Crippen LogP contribution in [0, 0.1) is 13.8 Å². The molecule has 23 heavy (non-hydrogen) atoms. The quantitative estimate of drug-likeness (QED) is 0.369. The number of aliphatic hydroxyl groups excluding tert-OH is 2. The zero-order valence-electron chi connectivity index (χ0n) is 16.7. The van der Waals surface area contributed by atoms with Crippen LogP contribution in [0.4, 0.5) is 0 Å². The molecule has 124 valence electrons. The van der Waals surface area contributed by atoms with Crippen molar-refractivity contribution in [2.45, 2.75) is 38.4 Å². The lowest BCUT2D eigenvalue weighted by Crippen LogP contribution is -2.33. The van der Waals surface area contributed by atoms with Crippen molar-refractivity contribution in [1.82, 2.24) is 19.5 Å². The van der Waals surface area contributed by atoms with Gasteiger partial charge in [-0.15, -0.1) is 0 Å². The average molecular weight is 345 g/mol. The molecule has 2 aromatic rings. The number of aryl methyl sites for hydroxylation is 2. The Balaban J connectivity index is 1.82. The molecule has 8 nitrogen and oxygen atoms in total. The molecule has 0 bridgehead atoms. The Morgan fingerprint density at radius 1 is 1.57 bits per heavy atom. The van der Waals surface area contributed by atoms with E-state index in [-0.39, 0.29) is 12.3 Å². The molecular weight excluding hydrogens is 319 g/mol. The molecule has 10 heteroatoms. The summed E-state index contributed by atoms with van der Waals surface area (Å²) in [6.07, 6.45) is -1.68. The highest BCUT2D eigenvalue weighted by molar-refractivity contribution is 7.95. The van der Waals surface area contributed by atoms with Gasteiger partial charge in [0.05, 0.1) is 18.6 Å². The first-order valence-electron chi connectivity index (χ1n) is 9.09. The molecule has 0 aromatic carbocycles. The summed E-state index contributed by atoms with van der Waals surface area (Å²) in [7, 11) is -0.997. The molecule has 1 saturated heterocycles. The van der Waals surface area contributed by atoms with E-state index in [1.807, 2.05) is 6.92 Å². The molecule has 0 radical (unpaired) electrons. The van der Waals surface area contributed by atoms with Gasteiger partial charge in [-0.1, -0.05) is 0 Å². The summed E-state index contributed by atoms with van der Waals surface area (Å²) in [5, 5.41) is 9.54. The fraction of sp³-hybridized carbons (Fsp3) is 0.615. The molecule has 2 N–H and O–H groups in total. The maximum absolute atomic E-state index is 7.41. The SMILES string of the molecule is [2H]B([3H])CSOC[C@H]1O[C@@H](n2cnc3c(C)nc(C)nc32)[C@H](O[3H])[C@@H]1O[3H]. The molecule has 1 aliphatic rings. The standard InChI is InChI=1S/C13H19BN4O4S/c1-6-9-12(17-7(2)16-6)18(5-15-9)13-11(20)10(19)8(22-13)3-21-23-4-14/h5,8,10-11,13,19-20H,3-4,14H2,1-2H3/t8-,10-,11-,13-/m1/s1/i14TD,19T,20T. The number of fused-ring (bicyclic) bond motifs is 1. The largest absolute Gasteiger partial charge is 0.387 e. The molecule has 3 heterocycles. The zero-order chi connectivity index (χ0) is 19.6. The van der Waals surface area contributed by atoms with Crippen LogP contribution in [0.2, 0.25) is 0 Å². The van der Waals surface area contributed by atoms with Crippen LogP contribution >= 0.6 is 12.0 Å². The second-order valence-electron chi connectivity index (χ2n) is 5.24. The van der Waals surface area contributed by atoms with Crippen molar-refractivity contribution < 1.29 is 19.1 Å². The van der Waals surface area contributed by atoms with Crippen molar-refractivity contribution in [3.63, 3.8) is 0 Å². The fourth-order valence-corrected chi connectivity index (χ4v) is 2.94. The number of rotatable bonds is 8. The normalized spacial score (nSPS) is 30.0. The fourth-order valence-electron chi connectivity index (χ4n) is 2.61. The van der Waals surface area contributed by atoms with E-state index < -0.39 is 32.3 Å². The van der Waals surface area contributed by atoms with Crippen LogP contribution in [0.25, 0.3) is 11.2 Å². The van der Waals surface area contributed by atoms with Gasteiger partial charge < -0.3 is 19.1 Å². The Kier molecular flexibility index (Phi) is 3.58. The van der Waals surface area contributed by atoms with E-state index in [9.17, 15) is 0 Å². The summed E-state index contributed by atoms with van der Waals surface area (Å²) in [5.74, 6) is 0.577. The molecule has 1 fully saturated rings. The van der Waals surface area contributed by atoms with Crippen molar-refractivity contribution in [1.29, 1.82) is 5.53 Å². The van der Waals surface area contributed by atoms with Crippen LogP contribution in [-0.4, -0.2) is 73.6 Å². The molecule has 3 rings (SSSR count). The van der Waals surface area contributed by atoms with Gasteiger partial charge in [-0.2, -0.15) is 0 Å². The van der Waals surface area contributed by atoms with Crippen molar-refractivity contribution in [2.75, 3.05) is 12.3 Å². The molecule has 1 aliphatic heterocycles. The Bertz CT molecular complexity index is 788. The van der Waals surface area contributed by atoms with E-state index in [0.717, 1.165) is 17.7 Å². The second-order valence-corrected chi connectivity index (χ2v) is 6.05. The third-order valence-electron chi connectivity index (χ3n) is 3.65. The lowest BCUT2D eigenvalue weighted by atomic mass is 10.1. The number of aliphatic hydroxyl groups is 2. The van der Waals surface area contributed by atoms with Crippen LogP contribution in [-0.2, 0) is 8.92 Å². The monoisotopic (exact) mass is 345 g/mol. The highest BCUT2D eigenvalue weighted by atomic mass is 32.2. The lowest BCUT2D eigenvalue weighted by molar-refractivity contribution is -0.0453. The van der Waals surface area contributed by atoms with Crippen molar-refractivity contribution in [2.24, 2.45) is 0 Å². The first-order valence-corrected chi connectivity index (χ1v) is 8.03. The Hall–Kier alpha value is -1.20. The minimum atomic E-state index is -0.997. The van der Waals surface area contributed by atoms with Gasteiger partial charge in [-0.25, -0.2) is 15.0 Å². The molecule has 0 spiro atoms. The third-order valence-corrected chi connectivity index (χ3v) is 4.09. The average Bonchev–Trinajstić information content (AvgIpc) is 3.18. The first kappa shape index (κ1) is 12.2. The highest BCUT2D eigenvalue weighted by Crippen LogP contribution is 2.32. The lowest BCUT2D eigenvalue weighted by Gasteiger charge is -2.16. The zero-order valence-corrected chi connectivity index (χ0v) is 13.5. The van der Waals surface area contributed by atoms with Crippen LogP contribution in [0.15, 0.2) is 6.33 Å². The van der Waals surface area contributed by atoms with Gasteiger partial charge in [-0.05, 0) is 34.2 Å². The van der Waals surface area contributed by atoms with E-state index in [4.69, 9.17) is 24.7 Å². The van der Waals surface area contributed by atoms with E-state index in [0.29, 0.717) is 17.0 Å². The maximum Gasteiger partial charge on any atom is 0.211 e. The minimum Gasteiger partial charge on any atom is -0.387 e. The summed E-state index contributed by atoms with van der Waals surface area (Å²) < 4.78 is 42.0. The number of hydrogen-bond acceptors (Lipinski definition) is 8. The third kappa shape index (κ3) is 3.09. The number of imidazole rings is 1. The number of ether oxygens (including phenoxy) is 1. The van der Waals surface area contributed by atoms with Gasteiger partial charge in [0.1, 0.15) is 37.4 Å². The number of hydrogen-bond donors (Lipinski definition) is 2. The Labute approximate surface area is 144 Å². The number of nitrogens with zero attached hydrogens (tertiary/aromatic N) is 4. The molecule has 0 aliphatic carbocycles. The van der Waals surface area contributed by atoms with Crippen molar-refractivity contribution in [3.8, 4) is 0 Å². The molecular formula is C13H19BN4O4S. The summed E-state index contributed by atoms with van der Waals surface area (Å²) in [6.45, 7) is 3.65. The summed E-state index contributed by atoms with van der Waals surface area (Å²) in [6, 6.07) is 0. The maximum atomic E-state index is 7.41. The van der Waals surface area contributed by atoms with Gasteiger partial charge in [0.15, 0.2) is 11.9 Å². The summed E-state index contributed by atoms with van der Waals surface area (Å²) in [5.41, 5.74) is 2.06. The molecule has 0 saturated carbocycles. The predicted octanol–water partition coefficient (Wildman–Crippen LogP) is -0.682. The van der Waals surface area contributed by atoms with Gasteiger partial charge >= 0.3 is 0 Å². The van der Waals surface area contributed by atoms with E-state index in [2.05, 4.69) is 15.0 Å². The Morgan fingerprint density at radius 2 is 2.43 bits per heavy atom. The predicted molar refractivity (Wildman–Crippen MR) is 87.7 cm³/mol. The van der Waals surface area contributed by atoms with Gasteiger partial charge in [0.25, 0.3) is 0 Å². The van der Waals surface area contributed by atoms with Gasteiger partial charge in [0, 0.05) is 0 Å². The molecule has 4 atom stereocenters. The smallest absolute Gasteiger partial charge is 0.211 e. The second kappa shape index (κ2) is 6.74. The number of aromatic nitrogens is 4. The van der Waals surface area contributed by atoms with Crippen LogP contribution < -0.4 is 0 Å². The van der Waals surface area contributed by atoms with Crippen molar-refractivity contribution in [3.05, 3.63) is 17.8 Å². The highest BCUT2D eigenvalue weighted by Gasteiger charge is 2.44. The van der Waals surface area contributed by atoms with Crippen LogP contribution in [0.3, 0.4) is 0 Å². The summed E-state index contributed by atoms with van der Waals surface area (Å²) >= 11 is 0.975. The van der Waals surface area contributed by atoms with Gasteiger partial charge in [-0.3, -0.25) is 4.57 Å². The molecule has 0 unspecified atom stereocenters. The van der Waals surface area contributed by atoms with Crippen LogP contribution in [0.1, 0.15) is 17.7 Å². The topological polar surface area (TPSA) is 103 Å². The van der Waals surface area contributed by atoms with E-state index >= 15 is 0 Å². The summed E-state index contributed by atoms with van der Waals surface area (Å²) in [4.78, 5) is 13.0.